The Morgan fingerprint density at radius 3 is 2.88 bits per heavy atom. The van der Waals surface area contributed by atoms with Crippen molar-refractivity contribution in [2.45, 2.75) is 25.4 Å². The predicted octanol–water partition coefficient (Wildman–Crippen LogP) is 1.98. The average molecular weight is 360 g/mol. The lowest BCUT2D eigenvalue weighted by Gasteiger charge is -2.32. The molecule has 1 fully saturated rings. The van der Waals surface area contributed by atoms with Crippen molar-refractivity contribution in [2.75, 3.05) is 19.7 Å². The van der Waals surface area contributed by atoms with E-state index in [0.717, 1.165) is 17.1 Å². The van der Waals surface area contributed by atoms with Gasteiger partial charge < -0.3 is 14.7 Å². The quantitative estimate of drug-likeness (QED) is 0.852. The summed E-state index contributed by atoms with van der Waals surface area (Å²) in [6.07, 6.45) is 0.490. The molecule has 1 N–H and O–H groups in total. The van der Waals surface area contributed by atoms with Gasteiger partial charge in [0.1, 0.15) is 0 Å². The summed E-state index contributed by atoms with van der Waals surface area (Å²) < 4.78 is 5.40. The van der Waals surface area contributed by atoms with Crippen LogP contribution in [0.4, 0.5) is 0 Å². The molecule has 0 bridgehead atoms. The fourth-order valence-corrected chi connectivity index (χ4v) is 3.64. The van der Waals surface area contributed by atoms with E-state index in [-0.39, 0.29) is 18.7 Å². The van der Waals surface area contributed by atoms with Crippen molar-refractivity contribution in [3.05, 3.63) is 52.0 Å². The summed E-state index contributed by atoms with van der Waals surface area (Å²) in [6, 6.07) is 10.1. The molecule has 0 saturated carbocycles. The number of carbonyl (C=O) groups is 2. The molecule has 6 nitrogen and oxygen atoms in total. The van der Waals surface area contributed by atoms with Gasteiger partial charge in [0.15, 0.2) is 0 Å². The van der Waals surface area contributed by atoms with Gasteiger partial charge >= 0.3 is 5.97 Å². The highest BCUT2D eigenvalue weighted by molar-refractivity contribution is 7.09. The summed E-state index contributed by atoms with van der Waals surface area (Å²) in [4.78, 5) is 29.5. The predicted molar refractivity (Wildman–Crippen MR) is 93.6 cm³/mol. The van der Waals surface area contributed by atoms with Crippen LogP contribution in [0, 0.1) is 0 Å². The van der Waals surface area contributed by atoms with Crippen LogP contribution in [-0.2, 0) is 27.2 Å². The molecule has 1 aromatic heterocycles. The second-order valence-electron chi connectivity index (χ2n) is 6.00. The fraction of sp³-hybridized carbons (Fsp3) is 0.389. The third-order valence-electron chi connectivity index (χ3n) is 4.02. The molecule has 0 spiro atoms. The van der Waals surface area contributed by atoms with Gasteiger partial charge in [-0.05, 0) is 5.56 Å². The van der Waals surface area contributed by atoms with E-state index in [1.165, 1.54) is 5.56 Å². The molecule has 2 aromatic rings. The van der Waals surface area contributed by atoms with Gasteiger partial charge in [0.2, 0.25) is 5.91 Å². The van der Waals surface area contributed by atoms with E-state index in [4.69, 9.17) is 9.84 Å². The van der Waals surface area contributed by atoms with Crippen LogP contribution in [-0.4, -0.2) is 52.7 Å². The van der Waals surface area contributed by atoms with E-state index < -0.39 is 12.1 Å². The van der Waals surface area contributed by atoms with Crippen molar-refractivity contribution in [2.24, 2.45) is 0 Å². The Hall–Kier alpha value is -2.25. The second-order valence-corrected chi connectivity index (χ2v) is 6.94. The highest BCUT2D eigenvalue weighted by Gasteiger charge is 2.26. The zero-order valence-corrected chi connectivity index (χ0v) is 14.6. The van der Waals surface area contributed by atoms with Crippen LogP contribution in [0.1, 0.15) is 22.7 Å². The van der Waals surface area contributed by atoms with E-state index >= 15 is 0 Å². The maximum absolute atomic E-state index is 12.5. The number of morpholine rings is 1. The maximum Gasteiger partial charge on any atom is 0.306 e. The van der Waals surface area contributed by atoms with Crippen LogP contribution in [0.15, 0.2) is 35.7 Å². The van der Waals surface area contributed by atoms with Crippen molar-refractivity contribution in [3.8, 4) is 0 Å². The van der Waals surface area contributed by atoms with Crippen LogP contribution in [0.2, 0.25) is 0 Å². The van der Waals surface area contributed by atoms with Crippen LogP contribution in [0.3, 0.4) is 0 Å². The van der Waals surface area contributed by atoms with Gasteiger partial charge in [-0.3, -0.25) is 9.59 Å². The minimum atomic E-state index is -0.913. The Balaban J connectivity index is 1.55. The third kappa shape index (κ3) is 5.11. The molecule has 1 aromatic carbocycles. The van der Waals surface area contributed by atoms with Crippen molar-refractivity contribution < 1.29 is 19.4 Å². The van der Waals surface area contributed by atoms with Crippen LogP contribution >= 0.6 is 11.3 Å². The fourth-order valence-electron chi connectivity index (χ4n) is 2.81. The number of nitrogens with zero attached hydrogens (tertiary/aromatic N) is 2. The molecule has 1 atom stereocenters. The van der Waals surface area contributed by atoms with Crippen molar-refractivity contribution >= 4 is 23.2 Å². The summed E-state index contributed by atoms with van der Waals surface area (Å²) in [5, 5.41) is 11.8. The molecule has 25 heavy (non-hydrogen) atoms. The van der Waals surface area contributed by atoms with Crippen molar-refractivity contribution in [1.82, 2.24) is 9.88 Å². The first-order valence-electron chi connectivity index (χ1n) is 8.18. The molecule has 1 saturated heterocycles. The Labute approximate surface area is 150 Å². The number of ether oxygens (including phenoxy) is 1. The number of thiazole rings is 1. The highest BCUT2D eigenvalue weighted by Crippen LogP contribution is 2.16. The van der Waals surface area contributed by atoms with Crippen LogP contribution in [0.25, 0.3) is 0 Å². The van der Waals surface area contributed by atoms with E-state index in [9.17, 15) is 9.59 Å². The summed E-state index contributed by atoms with van der Waals surface area (Å²) >= 11 is 1.56. The Kier molecular flexibility index (Phi) is 5.78. The summed E-state index contributed by atoms with van der Waals surface area (Å²) in [7, 11) is 0. The number of carboxylic acid groups (broad SMARTS) is 1. The molecule has 0 radical (unpaired) electrons. The number of benzene rings is 1. The molecule has 1 unspecified atom stereocenters. The van der Waals surface area contributed by atoms with Crippen molar-refractivity contribution in [1.29, 1.82) is 0 Å². The largest absolute Gasteiger partial charge is 0.481 e. The lowest BCUT2D eigenvalue weighted by atomic mass is 10.1. The zero-order chi connectivity index (χ0) is 17.6. The highest BCUT2D eigenvalue weighted by atomic mass is 32.1. The van der Waals surface area contributed by atoms with E-state index in [1.807, 2.05) is 23.6 Å². The second kappa shape index (κ2) is 8.22. The van der Waals surface area contributed by atoms with Gasteiger partial charge in [0, 0.05) is 24.9 Å². The van der Waals surface area contributed by atoms with Gasteiger partial charge in [-0.25, -0.2) is 4.98 Å². The van der Waals surface area contributed by atoms with E-state index in [1.54, 1.807) is 16.2 Å². The number of hydrogen-bond acceptors (Lipinski definition) is 5. The molecule has 1 aliphatic heterocycles. The van der Waals surface area contributed by atoms with Gasteiger partial charge in [-0.1, -0.05) is 30.3 Å². The average Bonchev–Trinajstić information content (AvgIpc) is 3.02. The number of aromatic nitrogens is 1. The van der Waals surface area contributed by atoms with Gasteiger partial charge in [-0.2, -0.15) is 0 Å². The molecule has 1 amide bonds. The molecular weight excluding hydrogens is 340 g/mol. The topological polar surface area (TPSA) is 79.7 Å². The smallest absolute Gasteiger partial charge is 0.306 e. The summed E-state index contributed by atoms with van der Waals surface area (Å²) in [6.45, 7) is 1.20. The number of aliphatic carboxylic acids is 1. The first-order valence-corrected chi connectivity index (χ1v) is 9.06. The van der Waals surface area contributed by atoms with E-state index in [0.29, 0.717) is 19.7 Å². The normalized spacial score (nSPS) is 17.4. The van der Waals surface area contributed by atoms with Gasteiger partial charge in [0.05, 0.1) is 36.3 Å². The van der Waals surface area contributed by atoms with Crippen molar-refractivity contribution in [3.63, 3.8) is 0 Å². The molecule has 132 valence electrons. The number of rotatable bonds is 6. The number of hydrogen-bond donors (Lipinski definition) is 1. The molecule has 7 heteroatoms. The first-order chi connectivity index (χ1) is 12.1. The standard InChI is InChI=1S/C18H20N2O4S/c21-17(20-6-7-24-15(11-20)10-18(22)23)9-14-12-25-16(19-14)8-13-4-2-1-3-5-13/h1-5,12,15H,6-11H2,(H,22,23). The maximum atomic E-state index is 12.5. The molecule has 2 heterocycles. The first kappa shape index (κ1) is 17.6. The number of carboxylic acids is 1. The summed E-state index contributed by atoms with van der Waals surface area (Å²) in [5.74, 6) is -0.945. The minimum absolute atomic E-state index is 0.0322. The molecule has 1 aliphatic rings. The monoisotopic (exact) mass is 360 g/mol. The van der Waals surface area contributed by atoms with Gasteiger partial charge in [0.25, 0.3) is 0 Å². The SMILES string of the molecule is O=C(O)CC1CN(C(=O)Cc2csc(Cc3ccccc3)n2)CCO1. The number of amides is 1. The Morgan fingerprint density at radius 2 is 2.12 bits per heavy atom. The summed E-state index contributed by atoms with van der Waals surface area (Å²) in [5.41, 5.74) is 1.96. The lowest BCUT2D eigenvalue weighted by Crippen LogP contribution is -2.46. The molecule has 0 aliphatic carbocycles. The Bertz CT molecular complexity index is 732. The van der Waals surface area contributed by atoms with Gasteiger partial charge in [-0.15, -0.1) is 11.3 Å². The minimum Gasteiger partial charge on any atom is -0.481 e. The molecule has 3 rings (SSSR count). The molecular formula is C18H20N2O4S. The third-order valence-corrected chi connectivity index (χ3v) is 4.92. The lowest BCUT2D eigenvalue weighted by molar-refractivity contribution is -0.147. The van der Waals surface area contributed by atoms with E-state index in [2.05, 4.69) is 17.1 Å². The Morgan fingerprint density at radius 1 is 1.32 bits per heavy atom. The van der Waals surface area contributed by atoms with Crippen LogP contribution < -0.4 is 0 Å². The number of carbonyl (C=O) groups excluding carboxylic acids is 1. The van der Waals surface area contributed by atoms with Crippen LogP contribution in [0.5, 0.6) is 0 Å². The zero-order valence-electron chi connectivity index (χ0n) is 13.8.